The van der Waals surface area contributed by atoms with Gasteiger partial charge in [-0.3, -0.25) is 19.7 Å². The standard InChI is InChI=1S/C19H15N3O4/c23-18-10-9-15(19(24)20-16-6-2-1-3-7-16)13-21(18)12-14-5-4-8-17(11-14)22(25)26/h1-11,13H,12H2,(H,20,24). The van der Waals surface area contributed by atoms with E-state index in [1.54, 1.807) is 36.4 Å². The molecule has 2 aromatic carbocycles. The van der Waals surface area contributed by atoms with Crippen LogP contribution in [0.2, 0.25) is 0 Å². The first-order valence-corrected chi connectivity index (χ1v) is 7.83. The van der Waals surface area contributed by atoms with Crippen LogP contribution in [0.15, 0.2) is 77.7 Å². The molecule has 0 aliphatic rings. The van der Waals surface area contributed by atoms with Gasteiger partial charge in [0.2, 0.25) is 0 Å². The van der Waals surface area contributed by atoms with Gasteiger partial charge in [-0.15, -0.1) is 0 Å². The molecule has 0 atom stereocenters. The summed E-state index contributed by atoms with van der Waals surface area (Å²) in [5, 5.41) is 13.6. The fourth-order valence-corrected chi connectivity index (χ4v) is 2.48. The molecule has 130 valence electrons. The van der Waals surface area contributed by atoms with Crippen LogP contribution in [0, 0.1) is 10.1 Å². The highest BCUT2D eigenvalue weighted by Gasteiger charge is 2.10. The maximum absolute atomic E-state index is 12.4. The van der Waals surface area contributed by atoms with Gasteiger partial charge in [0.05, 0.1) is 17.0 Å². The van der Waals surface area contributed by atoms with Gasteiger partial charge in [-0.1, -0.05) is 30.3 Å². The van der Waals surface area contributed by atoms with Gasteiger partial charge in [-0.25, -0.2) is 0 Å². The summed E-state index contributed by atoms with van der Waals surface area (Å²) in [5.74, 6) is -0.344. The molecule has 1 amide bonds. The minimum Gasteiger partial charge on any atom is -0.322 e. The molecular weight excluding hydrogens is 334 g/mol. The quantitative estimate of drug-likeness (QED) is 0.566. The Bertz CT molecular complexity index is 1010. The molecule has 0 aliphatic carbocycles. The molecular formula is C19H15N3O4. The third-order valence-corrected chi connectivity index (χ3v) is 3.75. The molecule has 0 saturated carbocycles. The topological polar surface area (TPSA) is 94.2 Å². The number of benzene rings is 2. The summed E-state index contributed by atoms with van der Waals surface area (Å²) in [4.78, 5) is 34.8. The second-order valence-corrected chi connectivity index (χ2v) is 5.63. The normalized spacial score (nSPS) is 10.3. The lowest BCUT2D eigenvalue weighted by Gasteiger charge is -2.09. The van der Waals surface area contributed by atoms with Crippen molar-refractivity contribution in [1.82, 2.24) is 4.57 Å². The lowest BCUT2D eigenvalue weighted by Crippen LogP contribution is -2.22. The number of hydrogen-bond acceptors (Lipinski definition) is 4. The number of nitrogens with one attached hydrogen (secondary N) is 1. The van der Waals surface area contributed by atoms with Gasteiger partial charge in [0, 0.05) is 30.1 Å². The minimum absolute atomic E-state index is 0.0477. The Labute approximate surface area is 148 Å². The average Bonchev–Trinajstić information content (AvgIpc) is 2.64. The van der Waals surface area contributed by atoms with Gasteiger partial charge < -0.3 is 9.88 Å². The highest BCUT2D eigenvalue weighted by Crippen LogP contribution is 2.14. The predicted octanol–water partition coefficient (Wildman–Crippen LogP) is 3.06. The minimum atomic E-state index is -0.490. The fourth-order valence-electron chi connectivity index (χ4n) is 2.48. The number of hydrogen-bond donors (Lipinski definition) is 1. The van der Waals surface area contributed by atoms with Crippen molar-refractivity contribution in [2.45, 2.75) is 6.54 Å². The zero-order valence-electron chi connectivity index (χ0n) is 13.7. The largest absolute Gasteiger partial charge is 0.322 e. The number of rotatable bonds is 5. The maximum atomic E-state index is 12.4. The molecule has 7 heteroatoms. The fraction of sp³-hybridized carbons (Fsp3) is 0.0526. The summed E-state index contributed by atoms with van der Waals surface area (Å²) in [6.45, 7) is 0.132. The van der Waals surface area contributed by atoms with Gasteiger partial charge >= 0.3 is 0 Å². The van der Waals surface area contributed by atoms with Crippen LogP contribution in [0.4, 0.5) is 11.4 Å². The van der Waals surface area contributed by atoms with Crippen molar-refractivity contribution in [3.8, 4) is 0 Å². The lowest BCUT2D eigenvalue weighted by atomic mass is 10.2. The highest BCUT2D eigenvalue weighted by atomic mass is 16.6. The predicted molar refractivity (Wildman–Crippen MR) is 97.3 cm³/mol. The van der Waals surface area contributed by atoms with Crippen LogP contribution in [0.5, 0.6) is 0 Å². The van der Waals surface area contributed by atoms with Gasteiger partial charge in [0.25, 0.3) is 17.2 Å². The number of nitro benzene ring substituents is 1. The number of aromatic nitrogens is 1. The Kier molecular flexibility index (Phi) is 4.89. The Morgan fingerprint density at radius 2 is 1.81 bits per heavy atom. The third-order valence-electron chi connectivity index (χ3n) is 3.75. The summed E-state index contributed by atoms with van der Waals surface area (Å²) < 4.78 is 1.35. The second kappa shape index (κ2) is 7.43. The van der Waals surface area contributed by atoms with Gasteiger partial charge in [-0.2, -0.15) is 0 Å². The van der Waals surface area contributed by atoms with E-state index in [-0.39, 0.29) is 23.7 Å². The number of carbonyl (C=O) groups is 1. The molecule has 1 heterocycles. The molecule has 0 fully saturated rings. The molecule has 0 aliphatic heterocycles. The Morgan fingerprint density at radius 3 is 2.54 bits per heavy atom. The van der Waals surface area contributed by atoms with E-state index in [9.17, 15) is 19.7 Å². The summed E-state index contributed by atoms with van der Waals surface area (Å²) in [6, 6.07) is 17.8. The van der Waals surface area contributed by atoms with E-state index in [0.29, 0.717) is 16.8 Å². The van der Waals surface area contributed by atoms with Crippen molar-refractivity contribution in [2.75, 3.05) is 5.32 Å². The summed E-state index contributed by atoms with van der Waals surface area (Å²) >= 11 is 0. The van der Waals surface area contributed by atoms with E-state index in [4.69, 9.17) is 0 Å². The molecule has 3 rings (SSSR count). The van der Waals surface area contributed by atoms with Crippen molar-refractivity contribution in [2.24, 2.45) is 0 Å². The Hall–Kier alpha value is -3.74. The molecule has 26 heavy (non-hydrogen) atoms. The van der Waals surface area contributed by atoms with Crippen LogP contribution >= 0.6 is 0 Å². The molecule has 3 aromatic rings. The van der Waals surface area contributed by atoms with E-state index in [1.165, 1.54) is 35.0 Å². The number of amides is 1. The molecule has 0 saturated heterocycles. The van der Waals surface area contributed by atoms with Crippen LogP contribution in [0.1, 0.15) is 15.9 Å². The van der Waals surface area contributed by atoms with Crippen LogP contribution in [-0.2, 0) is 6.54 Å². The van der Waals surface area contributed by atoms with Crippen LogP contribution < -0.4 is 10.9 Å². The summed E-state index contributed by atoms with van der Waals surface area (Å²) in [5.41, 5.74) is 1.22. The second-order valence-electron chi connectivity index (χ2n) is 5.63. The van der Waals surface area contributed by atoms with Crippen LogP contribution in [-0.4, -0.2) is 15.4 Å². The van der Waals surface area contributed by atoms with Crippen molar-refractivity contribution in [3.63, 3.8) is 0 Å². The zero-order chi connectivity index (χ0) is 18.5. The molecule has 0 unspecified atom stereocenters. The molecule has 0 radical (unpaired) electrons. The van der Waals surface area contributed by atoms with E-state index in [1.807, 2.05) is 6.07 Å². The van der Waals surface area contributed by atoms with Crippen molar-refractivity contribution in [1.29, 1.82) is 0 Å². The summed E-state index contributed by atoms with van der Waals surface area (Å²) in [6.07, 6.45) is 1.44. The number of non-ortho nitro benzene ring substituents is 1. The Morgan fingerprint density at radius 1 is 1.04 bits per heavy atom. The molecule has 0 bridgehead atoms. The van der Waals surface area contributed by atoms with E-state index in [0.717, 1.165) is 0 Å². The first-order chi connectivity index (χ1) is 12.5. The number of carbonyl (C=O) groups excluding carboxylic acids is 1. The van der Waals surface area contributed by atoms with Gasteiger partial charge in [0.1, 0.15) is 0 Å². The Balaban J connectivity index is 1.84. The van der Waals surface area contributed by atoms with Crippen LogP contribution in [0.3, 0.4) is 0 Å². The number of pyridine rings is 1. The molecule has 7 nitrogen and oxygen atoms in total. The average molecular weight is 349 g/mol. The van der Waals surface area contributed by atoms with Crippen molar-refractivity contribution in [3.05, 3.63) is 105 Å². The van der Waals surface area contributed by atoms with Gasteiger partial charge in [0.15, 0.2) is 0 Å². The number of anilines is 1. The number of nitrogens with zero attached hydrogens (tertiary/aromatic N) is 2. The number of nitro groups is 1. The third kappa shape index (κ3) is 4.02. The van der Waals surface area contributed by atoms with E-state index in [2.05, 4.69) is 5.32 Å². The monoisotopic (exact) mass is 349 g/mol. The molecule has 0 spiro atoms. The van der Waals surface area contributed by atoms with Crippen LogP contribution in [0.25, 0.3) is 0 Å². The number of para-hydroxylation sites is 1. The summed E-state index contributed by atoms with van der Waals surface area (Å²) in [7, 11) is 0. The van der Waals surface area contributed by atoms with Crippen molar-refractivity contribution < 1.29 is 9.72 Å². The molecule has 1 aromatic heterocycles. The van der Waals surface area contributed by atoms with E-state index >= 15 is 0 Å². The first kappa shape index (κ1) is 17.1. The zero-order valence-corrected chi connectivity index (χ0v) is 13.7. The smallest absolute Gasteiger partial charge is 0.269 e. The highest BCUT2D eigenvalue weighted by molar-refractivity contribution is 6.04. The lowest BCUT2D eigenvalue weighted by molar-refractivity contribution is -0.384. The van der Waals surface area contributed by atoms with E-state index < -0.39 is 4.92 Å². The SMILES string of the molecule is O=C(Nc1ccccc1)c1ccc(=O)n(Cc2cccc([N+](=O)[O-])c2)c1. The first-order valence-electron chi connectivity index (χ1n) is 7.83. The molecule has 1 N–H and O–H groups in total. The van der Waals surface area contributed by atoms with Gasteiger partial charge in [-0.05, 0) is 23.8 Å². The maximum Gasteiger partial charge on any atom is 0.269 e. The van der Waals surface area contributed by atoms with Crippen molar-refractivity contribution >= 4 is 17.3 Å².